The van der Waals surface area contributed by atoms with Crippen molar-refractivity contribution in [1.29, 1.82) is 0 Å². The van der Waals surface area contributed by atoms with Crippen molar-refractivity contribution >= 4 is 5.97 Å². The quantitative estimate of drug-likeness (QED) is 0.471. The Morgan fingerprint density at radius 3 is 2.73 bits per heavy atom. The second-order valence-electron chi connectivity index (χ2n) is 1.86. The lowest BCUT2D eigenvalue weighted by atomic mass is 10.5. The van der Waals surface area contributed by atoms with Crippen molar-refractivity contribution in [3.8, 4) is 5.88 Å². The number of methoxy groups -OCH3 is 1. The molecule has 1 aromatic rings. The maximum atomic E-state index is 10.9. The van der Waals surface area contributed by atoms with Crippen LogP contribution in [0.15, 0.2) is 0 Å². The van der Waals surface area contributed by atoms with Crippen molar-refractivity contribution in [1.82, 2.24) is 15.0 Å². The van der Waals surface area contributed by atoms with Gasteiger partial charge in [0.15, 0.2) is 5.69 Å². The lowest BCUT2D eigenvalue weighted by Gasteiger charge is -2.04. The van der Waals surface area contributed by atoms with E-state index in [2.05, 4.69) is 15.0 Å². The summed E-state index contributed by atoms with van der Waals surface area (Å²) >= 11 is 0. The molecule has 6 heteroatoms. The van der Waals surface area contributed by atoms with Gasteiger partial charge in [-0.25, -0.2) is 4.79 Å². The van der Waals surface area contributed by atoms with Crippen LogP contribution in [-0.4, -0.2) is 28.1 Å². The van der Waals surface area contributed by atoms with Crippen LogP contribution in [-0.2, 0) is 11.8 Å². The van der Waals surface area contributed by atoms with Gasteiger partial charge in [0.1, 0.15) is 0 Å². The Morgan fingerprint density at radius 2 is 2.36 bits per heavy atom. The third-order valence-electron chi connectivity index (χ3n) is 1.15. The van der Waals surface area contributed by atoms with Gasteiger partial charge in [0, 0.05) is 12.9 Å². The van der Waals surface area contributed by atoms with Crippen LogP contribution in [0.4, 0.5) is 0 Å². The van der Waals surface area contributed by atoms with E-state index in [-0.39, 0.29) is 5.69 Å². The van der Waals surface area contributed by atoms with Crippen molar-refractivity contribution in [2.45, 2.75) is 0 Å². The van der Waals surface area contributed by atoms with Crippen LogP contribution in [0, 0.1) is 0 Å². The number of hydrogen-bond acceptors (Lipinski definition) is 5. The van der Waals surface area contributed by atoms with E-state index in [1.54, 1.807) is 0 Å². The highest BCUT2D eigenvalue weighted by Gasteiger charge is 2.11. The predicted molar refractivity (Wildman–Crippen MR) is 31.8 cm³/mol. The van der Waals surface area contributed by atoms with Gasteiger partial charge in [0.25, 0.3) is 0 Å². The first-order valence-electron chi connectivity index (χ1n) is 2.82. The molecule has 60 valence electrons. The predicted octanol–water partition coefficient (Wildman–Crippen LogP) is -1.32. The normalized spacial score (nSPS) is 9.64. The van der Waals surface area contributed by atoms with Crippen molar-refractivity contribution in [2.24, 2.45) is 7.05 Å². The van der Waals surface area contributed by atoms with Crippen molar-refractivity contribution < 1.29 is 14.6 Å². The molecule has 0 fully saturated rings. The maximum Gasteiger partial charge on any atom is 0.359 e. The first-order valence-corrected chi connectivity index (χ1v) is 2.82. The zero-order chi connectivity index (χ0) is 8.43. The topological polar surface area (TPSA) is 80.1 Å². The fourth-order valence-electron chi connectivity index (χ4n) is 0.573. The highest BCUT2D eigenvalue weighted by Crippen LogP contribution is 2.07. The number of esters is 1. The standard InChI is InChI=1S/C5H7N3O3/c1-8-4(9)3(6-7-8)5(10)11-2/h9H,1-2H3/p-1. The molecule has 0 N–H and O–H groups in total. The van der Waals surface area contributed by atoms with Gasteiger partial charge in [0.05, 0.1) is 7.11 Å². The summed E-state index contributed by atoms with van der Waals surface area (Å²) in [6.45, 7) is 0. The van der Waals surface area contributed by atoms with E-state index in [9.17, 15) is 9.90 Å². The summed E-state index contributed by atoms with van der Waals surface area (Å²) in [5.41, 5.74) is -0.282. The van der Waals surface area contributed by atoms with Gasteiger partial charge in [-0.2, -0.15) is 0 Å². The summed E-state index contributed by atoms with van der Waals surface area (Å²) in [6.07, 6.45) is 0. The van der Waals surface area contributed by atoms with Gasteiger partial charge in [-0.1, -0.05) is 5.21 Å². The summed E-state index contributed by atoms with van der Waals surface area (Å²) in [5, 5.41) is 17.6. The number of aryl methyl sites for hydroxylation is 1. The molecule has 0 bridgehead atoms. The Balaban J connectivity index is 3.04. The van der Waals surface area contributed by atoms with Crippen LogP contribution >= 0.6 is 0 Å². The Bertz CT molecular complexity index is 281. The van der Waals surface area contributed by atoms with Crippen LogP contribution in [0.3, 0.4) is 0 Å². The number of hydrogen-bond donors (Lipinski definition) is 0. The van der Waals surface area contributed by atoms with Crippen LogP contribution < -0.4 is 5.11 Å². The highest BCUT2D eigenvalue weighted by molar-refractivity contribution is 5.89. The molecule has 1 rings (SSSR count). The third-order valence-corrected chi connectivity index (χ3v) is 1.15. The average Bonchev–Trinajstić information content (AvgIpc) is 2.32. The van der Waals surface area contributed by atoms with E-state index in [4.69, 9.17) is 0 Å². The van der Waals surface area contributed by atoms with Crippen LogP contribution in [0.2, 0.25) is 0 Å². The Kier molecular flexibility index (Phi) is 1.75. The summed E-state index contributed by atoms with van der Waals surface area (Å²) < 4.78 is 5.24. The average molecular weight is 156 g/mol. The van der Waals surface area contributed by atoms with Gasteiger partial charge < -0.3 is 9.84 Å². The molecule has 0 radical (unpaired) electrons. The second-order valence-corrected chi connectivity index (χ2v) is 1.86. The minimum absolute atomic E-state index is 0.282. The number of carbonyl (C=O) groups excluding carboxylic acids is 1. The largest absolute Gasteiger partial charge is 0.857 e. The molecule has 0 amide bonds. The SMILES string of the molecule is COC(=O)c1nnn(C)c1[O-]. The van der Waals surface area contributed by atoms with E-state index in [0.717, 1.165) is 4.68 Å². The molecular weight excluding hydrogens is 150 g/mol. The maximum absolute atomic E-state index is 10.9. The van der Waals surface area contributed by atoms with Gasteiger partial charge in [-0.05, 0) is 0 Å². The smallest absolute Gasteiger partial charge is 0.359 e. The molecule has 1 aromatic heterocycles. The first-order chi connectivity index (χ1) is 5.16. The van der Waals surface area contributed by atoms with E-state index in [1.165, 1.54) is 14.2 Å². The summed E-state index contributed by atoms with van der Waals surface area (Å²) in [7, 11) is 2.58. The molecule has 0 saturated heterocycles. The van der Waals surface area contributed by atoms with Crippen molar-refractivity contribution in [2.75, 3.05) is 7.11 Å². The minimum atomic E-state index is -0.761. The van der Waals surface area contributed by atoms with Crippen LogP contribution in [0.1, 0.15) is 10.5 Å². The van der Waals surface area contributed by atoms with Crippen LogP contribution in [0.5, 0.6) is 5.88 Å². The molecule has 0 atom stereocenters. The first kappa shape index (κ1) is 7.52. The minimum Gasteiger partial charge on any atom is -0.857 e. The molecule has 0 aromatic carbocycles. The molecule has 0 aliphatic carbocycles. The highest BCUT2D eigenvalue weighted by atomic mass is 16.5. The summed E-state index contributed by atoms with van der Waals surface area (Å²) in [6, 6.07) is 0. The monoisotopic (exact) mass is 156 g/mol. The number of carbonyl (C=O) groups is 1. The Morgan fingerprint density at radius 1 is 1.73 bits per heavy atom. The van der Waals surface area contributed by atoms with E-state index in [0.29, 0.717) is 0 Å². The summed E-state index contributed by atoms with van der Waals surface area (Å²) in [5.74, 6) is -1.31. The number of ether oxygens (including phenoxy) is 1. The second kappa shape index (κ2) is 2.57. The lowest BCUT2D eigenvalue weighted by Crippen LogP contribution is -2.08. The molecule has 1 heterocycles. The van der Waals surface area contributed by atoms with E-state index in [1.807, 2.05) is 0 Å². The number of nitrogens with zero attached hydrogens (tertiary/aromatic N) is 3. The molecular formula is C5H6N3O3-. The molecule has 0 unspecified atom stereocenters. The lowest BCUT2D eigenvalue weighted by molar-refractivity contribution is -0.279. The fourth-order valence-corrected chi connectivity index (χ4v) is 0.573. The number of rotatable bonds is 1. The molecule has 11 heavy (non-hydrogen) atoms. The molecule has 0 aliphatic rings. The summed E-state index contributed by atoms with van der Waals surface area (Å²) in [4.78, 5) is 10.7. The molecule has 0 aliphatic heterocycles. The molecule has 0 spiro atoms. The van der Waals surface area contributed by atoms with E-state index < -0.39 is 11.8 Å². The molecule has 0 saturated carbocycles. The third kappa shape index (κ3) is 1.14. The van der Waals surface area contributed by atoms with Crippen molar-refractivity contribution in [3.05, 3.63) is 5.69 Å². The van der Waals surface area contributed by atoms with Crippen molar-refractivity contribution in [3.63, 3.8) is 0 Å². The number of aromatic nitrogens is 3. The Hall–Kier alpha value is -1.59. The van der Waals surface area contributed by atoms with Crippen LogP contribution in [0.25, 0.3) is 0 Å². The zero-order valence-corrected chi connectivity index (χ0v) is 6.07. The van der Waals surface area contributed by atoms with Gasteiger partial charge in [0.2, 0.25) is 0 Å². The van der Waals surface area contributed by atoms with Gasteiger partial charge in [-0.3, -0.25) is 4.68 Å². The zero-order valence-electron chi connectivity index (χ0n) is 6.07. The van der Waals surface area contributed by atoms with Gasteiger partial charge >= 0.3 is 5.97 Å². The Labute approximate surface area is 62.4 Å². The fraction of sp³-hybridized carbons (Fsp3) is 0.400. The van der Waals surface area contributed by atoms with Gasteiger partial charge in [-0.15, -0.1) is 5.10 Å². The van der Waals surface area contributed by atoms with E-state index >= 15 is 0 Å². The molecule has 6 nitrogen and oxygen atoms in total.